The summed E-state index contributed by atoms with van der Waals surface area (Å²) in [5, 5.41) is 49.2. The normalized spacial score (nSPS) is 47.9. The van der Waals surface area contributed by atoms with E-state index in [4.69, 9.17) is 24.1 Å². The Bertz CT molecular complexity index is 371. The maximum atomic E-state index is 10.2. The second-order valence-electron chi connectivity index (χ2n) is 5.52. The van der Waals surface area contributed by atoms with Crippen molar-refractivity contribution in [2.45, 2.75) is 55.3 Å². The highest BCUT2D eigenvalue weighted by molar-refractivity contribution is 7.98. The summed E-state index contributed by atoms with van der Waals surface area (Å²) in [6.45, 7) is -0.498. The van der Waals surface area contributed by atoms with Gasteiger partial charge < -0.3 is 44.5 Å². The molecule has 0 aromatic carbocycles. The minimum atomic E-state index is -1.42. The summed E-state index contributed by atoms with van der Waals surface area (Å²) in [6.07, 6.45) is -8.43. The average Bonchev–Trinajstić information content (AvgIpc) is 2.81. The largest absolute Gasteiger partial charge is 0.394 e. The van der Waals surface area contributed by atoms with Gasteiger partial charge in [-0.3, -0.25) is 0 Å². The SMILES string of the molecule is CO[C@H]1OC(CO)[C@@H](O)[C@H](O)C1O[C@H]1O[C@H](CSC)C(O)[C@@H]1O. The molecule has 3 unspecified atom stereocenters. The highest BCUT2D eigenvalue weighted by Crippen LogP contribution is 2.30. The van der Waals surface area contributed by atoms with Crippen molar-refractivity contribution in [3.8, 4) is 0 Å². The van der Waals surface area contributed by atoms with Crippen molar-refractivity contribution in [3.63, 3.8) is 0 Å². The smallest absolute Gasteiger partial charge is 0.187 e. The zero-order valence-corrected chi connectivity index (χ0v) is 13.7. The van der Waals surface area contributed by atoms with E-state index in [1.807, 2.05) is 6.26 Å². The zero-order chi connectivity index (χ0) is 17.1. The molecule has 0 saturated carbocycles. The topological polar surface area (TPSA) is 138 Å². The minimum Gasteiger partial charge on any atom is -0.394 e. The van der Waals surface area contributed by atoms with Crippen LogP contribution in [0.25, 0.3) is 0 Å². The van der Waals surface area contributed by atoms with Crippen molar-refractivity contribution in [3.05, 3.63) is 0 Å². The predicted octanol–water partition coefficient (Wildman–Crippen LogP) is -2.73. The van der Waals surface area contributed by atoms with E-state index in [9.17, 15) is 20.4 Å². The lowest BCUT2D eigenvalue weighted by Gasteiger charge is -2.42. The molecule has 0 aliphatic carbocycles. The van der Waals surface area contributed by atoms with Gasteiger partial charge in [0.05, 0.1) is 12.7 Å². The van der Waals surface area contributed by atoms with Gasteiger partial charge in [-0.05, 0) is 6.26 Å². The number of methoxy groups -OCH3 is 1. The molecule has 9 atom stereocenters. The molecule has 5 N–H and O–H groups in total. The standard InChI is InChI=1S/C13H24O9S/c1-19-13-11(9(17)7(15)5(3-14)20-13)22-12-10(18)8(16)6(21-12)4-23-2/h5-18H,3-4H2,1-2H3/t5?,6-,7-,8?,9+,10+,11?,12-,13+/m1/s1. The van der Waals surface area contributed by atoms with Gasteiger partial charge in [-0.2, -0.15) is 11.8 Å². The van der Waals surface area contributed by atoms with Crippen LogP contribution in [-0.2, 0) is 18.9 Å². The summed E-state index contributed by atoms with van der Waals surface area (Å²) in [5.41, 5.74) is 0. The predicted molar refractivity (Wildman–Crippen MR) is 78.7 cm³/mol. The molecule has 2 fully saturated rings. The van der Waals surface area contributed by atoms with Crippen LogP contribution in [0.4, 0.5) is 0 Å². The van der Waals surface area contributed by atoms with Gasteiger partial charge in [0.1, 0.15) is 36.6 Å². The third-order valence-corrected chi connectivity index (χ3v) is 4.66. The molecule has 0 bridgehead atoms. The maximum Gasteiger partial charge on any atom is 0.187 e. The molecular formula is C13H24O9S. The van der Waals surface area contributed by atoms with Gasteiger partial charge in [0.15, 0.2) is 12.6 Å². The third kappa shape index (κ3) is 3.98. The fourth-order valence-corrected chi connectivity index (χ4v) is 3.28. The number of rotatable bonds is 6. The first-order chi connectivity index (χ1) is 10.9. The van der Waals surface area contributed by atoms with Crippen LogP contribution in [-0.4, -0.2) is 107 Å². The Balaban J connectivity index is 2.05. The second kappa shape index (κ2) is 8.39. The molecule has 2 heterocycles. The van der Waals surface area contributed by atoms with Crippen LogP contribution in [0, 0.1) is 0 Å². The molecule has 0 radical (unpaired) electrons. The van der Waals surface area contributed by atoms with E-state index in [-0.39, 0.29) is 0 Å². The van der Waals surface area contributed by atoms with Crippen molar-refractivity contribution in [1.29, 1.82) is 0 Å². The van der Waals surface area contributed by atoms with Gasteiger partial charge in [0, 0.05) is 12.9 Å². The number of ether oxygens (including phenoxy) is 4. The molecular weight excluding hydrogens is 332 g/mol. The summed E-state index contributed by atoms with van der Waals surface area (Å²) in [7, 11) is 1.32. The van der Waals surface area contributed by atoms with E-state index >= 15 is 0 Å². The average molecular weight is 356 g/mol. The highest BCUT2D eigenvalue weighted by Gasteiger charge is 2.50. The number of hydrogen-bond donors (Lipinski definition) is 5. The van der Waals surface area contributed by atoms with Crippen LogP contribution in [0.5, 0.6) is 0 Å². The molecule has 2 rings (SSSR count). The highest BCUT2D eigenvalue weighted by atomic mass is 32.2. The summed E-state index contributed by atoms with van der Waals surface area (Å²) < 4.78 is 21.4. The molecule has 0 aromatic rings. The van der Waals surface area contributed by atoms with E-state index in [0.29, 0.717) is 5.75 Å². The van der Waals surface area contributed by atoms with Crippen LogP contribution in [0.15, 0.2) is 0 Å². The van der Waals surface area contributed by atoms with E-state index in [1.54, 1.807) is 0 Å². The lowest BCUT2D eigenvalue weighted by atomic mass is 9.99. The van der Waals surface area contributed by atoms with Gasteiger partial charge in [-0.1, -0.05) is 0 Å². The molecule has 136 valence electrons. The Morgan fingerprint density at radius 3 is 2.09 bits per heavy atom. The molecule has 2 aliphatic heterocycles. The van der Waals surface area contributed by atoms with Gasteiger partial charge in [0.25, 0.3) is 0 Å². The molecule has 0 aromatic heterocycles. The first-order valence-electron chi connectivity index (χ1n) is 7.25. The Morgan fingerprint density at radius 2 is 1.52 bits per heavy atom. The molecule has 23 heavy (non-hydrogen) atoms. The quantitative estimate of drug-likeness (QED) is 0.341. The lowest BCUT2D eigenvalue weighted by molar-refractivity contribution is -0.332. The molecule has 0 amide bonds. The Hall–Kier alpha value is -0.0100. The van der Waals surface area contributed by atoms with Gasteiger partial charge >= 0.3 is 0 Å². The number of aliphatic hydroxyl groups is 5. The Morgan fingerprint density at radius 1 is 0.913 bits per heavy atom. The van der Waals surface area contributed by atoms with Crippen LogP contribution >= 0.6 is 11.8 Å². The number of aliphatic hydroxyl groups excluding tert-OH is 5. The second-order valence-corrected chi connectivity index (χ2v) is 6.43. The minimum absolute atomic E-state index is 0.463. The Kier molecular flexibility index (Phi) is 7.04. The fourth-order valence-electron chi connectivity index (χ4n) is 2.67. The lowest BCUT2D eigenvalue weighted by Crippen LogP contribution is -2.61. The first kappa shape index (κ1) is 19.3. The van der Waals surface area contributed by atoms with Crippen LogP contribution in [0.2, 0.25) is 0 Å². The molecule has 9 nitrogen and oxygen atoms in total. The Labute approximate surface area is 138 Å². The van der Waals surface area contributed by atoms with Crippen LogP contribution < -0.4 is 0 Å². The van der Waals surface area contributed by atoms with Crippen LogP contribution in [0.1, 0.15) is 0 Å². The number of thioether (sulfide) groups is 1. The summed E-state index contributed by atoms with van der Waals surface area (Å²) >= 11 is 1.44. The molecule has 10 heteroatoms. The van der Waals surface area contributed by atoms with E-state index in [2.05, 4.69) is 0 Å². The van der Waals surface area contributed by atoms with E-state index in [1.165, 1.54) is 18.9 Å². The third-order valence-electron chi connectivity index (χ3n) is 4.00. The molecule has 0 spiro atoms. The van der Waals surface area contributed by atoms with Gasteiger partial charge in [-0.15, -0.1) is 0 Å². The summed E-state index contributed by atoms with van der Waals surface area (Å²) in [4.78, 5) is 0. The first-order valence-corrected chi connectivity index (χ1v) is 8.65. The molecule has 2 aliphatic rings. The van der Waals surface area contributed by atoms with Gasteiger partial charge in [-0.25, -0.2) is 0 Å². The van der Waals surface area contributed by atoms with Gasteiger partial charge in [0.2, 0.25) is 0 Å². The zero-order valence-electron chi connectivity index (χ0n) is 12.9. The van der Waals surface area contributed by atoms with Crippen LogP contribution in [0.3, 0.4) is 0 Å². The fraction of sp³-hybridized carbons (Fsp3) is 1.00. The number of hydrogen-bond acceptors (Lipinski definition) is 10. The maximum absolute atomic E-state index is 10.2. The van der Waals surface area contributed by atoms with Crippen molar-refractivity contribution in [2.24, 2.45) is 0 Å². The monoisotopic (exact) mass is 356 g/mol. The van der Waals surface area contributed by atoms with E-state index < -0.39 is 61.9 Å². The van der Waals surface area contributed by atoms with Crippen molar-refractivity contribution in [1.82, 2.24) is 0 Å². The summed E-state index contributed by atoms with van der Waals surface area (Å²) in [5.74, 6) is 0.463. The summed E-state index contributed by atoms with van der Waals surface area (Å²) in [6, 6.07) is 0. The van der Waals surface area contributed by atoms with Crippen molar-refractivity contribution >= 4 is 11.8 Å². The van der Waals surface area contributed by atoms with Crippen molar-refractivity contribution < 1.29 is 44.5 Å². The van der Waals surface area contributed by atoms with E-state index in [0.717, 1.165) is 0 Å². The molecule has 2 saturated heterocycles. The van der Waals surface area contributed by atoms with Crippen molar-refractivity contribution in [2.75, 3.05) is 25.7 Å².